The number of likely N-dealkylation sites (N-methyl/N-ethyl adjacent to an activating group) is 1. The van der Waals surface area contributed by atoms with Gasteiger partial charge in [0.2, 0.25) is 0 Å². The van der Waals surface area contributed by atoms with E-state index in [0.717, 1.165) is 10.5 Å². The van der Waals surface area contributed by atoms with Gasteiger partial charge in [-0.15, -0.1) is 0 Å². The molecular formula is C24H26F7N3O. The van der Waals surface area contributed by atoms with E-state index in [1.54, 1.807) is 17.9 Å². The van der Waals surface area contributed by atoms with E-state index in [1.165, 1.54) is 19.2 Å². The maximum absolute atomic E-state index is 13.7. The molecule has 2 aromatic carbocycles. The van der Waals surface area contributed by atoms with Crippen molar-refractivity contribution in [1.82, 2.24) is 14.7 Å². The molecule has 1 heterocycles. The molecular weight excluding hydrogens is 479 g/mol. The summed E-state index contributed by atoms with van der Waals surface area (Å²) in [7, 11) is 3.21. The summed E-state index contributed by atoms with van der Waals surface area (Å²) in [6.07, 6.45) is -9.41. The van der Waals surface area contributed by atoms with Crippen LogP contribution in [0.25, 0.3) is 0 Å². The Morgan fingerprint density at radius 3 is 2.11 bits per heavy atom. The Morgan fingerprint density at radius 2 is 1.57 bits per heavy atom. The highest BCUT2D eigenvalue weighted by Crippen LogP contribution is 2.37. The molecule has 1 aliphatic rings. The van der Waals surface area contributed by atoms with Gasteiger partial charge in [0.1, 0.15) is 5.82 Å². The van der Waals surface area contributed by atoms with Crippen LogP contribution in [0, 0.1) is 12.7 Å². The van der Waals surface area contributed by atoms with Crippen LogP contribution in [0.3, 0.4) is 0 Å². The Hall–Kier alpha value is -2.82. The van der Waals surface area contributed by atoms with Gasteiger partial charge in [0.05, 0.1) is 17.2 Å². The van der Waals surface area contributed by atoms with Gasteiger partial charge < -0.3 is 14.7 Å². The molecule has 0 spiro atoms. The molecule has 1 fully saturated rings. The Kier molecular flexibility index (Phi) is 7.68. The molecule has 2 aromatic rings. The van der Waals surface area contributed by atoms with E-state index in [0.29, 0.717) is 37.2 Å². The second-order valence-corrected chi connectivity index (χ2v) is 8.85. The molecule has 3 rings (SSSR count). The molecule has 0 unspecified atom stereocenters. The number of alkyl halides is 6. The number of amides is 2. The van der Waals surface area contributed by atoms with Gasteiger partial charge in [-0.3, -0.25) is 0 Å². The highest BCUT2D eigenvalue weighted by Gasteiger charge is 2.37. The maximum Gasteiger partial charge on any atom is 0.416 e. The lowest BCUT2D eigenvalue weighted by Gasteiger charge is -2.34. The SMILES string of the molecule is Cc1cc(F)ccc1[C@H]1CCN(C)CCN1C(=O)N(C)Cc1cc(C(F)(F)F)cc(C(F)(F)F)c1. The summed E-state index contributed by atoms with van der Waals surface area (Å²) in [4.78, 5) is 18.1. The number of rotatable bonds is 3. The van der Waals surface area contributed by atoms with Crippen molar-refractivity contribution in [2.75, 3.05) is 33.7 Å². The molecule has 1 atom stereocenters. The van der Waals surface area contributed by atoms with Gasteiger partial charge in [-0.2, -0.15) is 26.3 Å². The van der Waals surface area contributed by atoms with E-state index in [1.807, 2.05) is 11.9 Å². The number of carbonyl (C=O) groups excluding carboxylic acids is 1. The first-order valence-electron chi connectivity index (χ1n) is 10.9. The zero-order valence-corrected chi connectivity index (χ0v) is 19.5. The number of hydrogen-bond acceptors (Lipinski definition) is 2. The second-order valence-electron chi connectivity index (χ2n) is 8.85. The van der Waals surface area contributed by atoms with Crippen LogP contribution in [0.4, 0.5) is 35.5 Å². The van der Waals surface area contributed by atoms with Crippen LogP contribution in [0.2, 0.25) is 0 Å². The van der Waals surface area contributed by atoms with Crippen molar-refractivity contribution in [2.45, 2.75) is 38.3 Å². The van der Waals surface area contributed by atoms with Crippen molar-refractivity contribution < 1.29 is 35.5 Å². The normalized spacial score (nSPS) is 17.9. The standard InChI is InChI=1S/C24H26F7N3O/c1-15-10-19(25)4-5-20(15)21-6-7-32(2)8-9-34(21)22(35)33(3)14-16-11-17(23(26,27)28)13-18(12-16)24(29,30)31/h4-5,10-13,21H,6-9,14H2,1-3H3/t21-/m1/s1. The van der Waals surface area contributed by atoms with E-state index in [4.69, 9.17) is 0 Å². The molecule has 1 aliphatic heterocycles. The number of hydrogen-bond donors (Lipinski definition) is 0. The fraction of sp³-hybridized carbons (Fsp3) is 0.458. The fourth-order valence-electron chi connectivity index (χ4n) is 4.28. The molecule has 35 heavy (non-hydrogen) atoms. The summed E-state index contributed by atoms with van der Waals surface area (Å²) in [5, 5.41) is 0. The fourth-order valence-corrected chi connectivity index (χ4v) is 4.28. The minimum Gasteiger partial charge on any atom is -0.323 e. The Bertz CT molecular complexity index is 1040. The van der Waals surface area contributed by atoms with E-state index in [2.05, 4.69) is 0 Å². The first-order chi connectivity index (χ1) is 16.2. The quantitative estimate of drug-likeness (QED) is 0.472. The zero-order chi connectivity index (χ0) is 26.1. The van der Waals surface area contributed by atoms with Crippen molar-refractivity contribution in [3.05, 3.63) is 70.0 Å². The lowest BCUT2D eigenvalue weighted by Crippen LogP contribution is -2.44. The van der Waals surface area contributed by atoms with Gasteiger partial charge >= 0.3 is 18.4 Å². The summed E-state index contributed by atoms with van der Waals surface area (Å²) in [6.45, 7) is 2.74. The highest BCUT2D eigenvalue weighted by atomic mass is 19.4. The van der Waals surface area contributed by atoms with Crippen LogP contribution in [0.1, 0.15) is 40.3 Å². The number of urea groups is 1. The van der Waals surface area contributed by atoms with E-state index < -0.39 is 47.9 Å². The lowest BCUT2D eigenvalue weighted by atomic mass is 9.97. The number of nitrogens with zero attached hydrogens (tertiary/aromatic N) is 3. The van der Waals surface area contributed by atoms with Gasteiger partial charge in [0.15, 0.2) is 0 Å². The molecule has 192 valence electrons. The molecule has 0 saturated carbocycles. The molecule has 1 saturated heterocycles. The minimum atomic E-state index is -4.97. The summed E-state index contributed by atoms with van der Waals surface area (Å²) in [5.74, 6) is -0.419. The third kappa shape index (κ3) is 6.45. The van der Waals surface area contributed by atoms with Crippen LogP contribution in [-0.2, 0) is 18.9 Å². The van der Waals surface area contributed by atoms with Crippen LogP contribution < -0.4 is 0 Å². The van der Waals surface area contributed by atoms with Crippen LogP contribution in [-0.4, -0.2) is 54.5 Å². The smallest absolute Gasteiger partial charge is 0.323 e. The Morgan fingerprint density at radius 1 is 0.971 bits per heavy atom. The largest absolute Gasteiger partial charge is 0.416 e. The second kappa shape index (κ2) is 10.0. The van der Waals surface area contributed by atoms with Crippen molar-refractivity contribution in [2.24, 2.45) is 0 Å². The Labute approximate surface area is 198 Å². The summed E-state index contributed by atoms with van der Waals surface area (Å²) >= 11 is 0. The summed E-state index contributed by atoms with van der Waals surface area (Å²) in [6, 6.07) is 4.59. The van der Waals surface area contributed by atoms with Crippen molar-refractivity contribution in [3.8, 4) is 0 Å². The van der Waals surface area contributed by atoms with Crippen LogP contribution in [0.5, 0.6) is 0 Å². The van der Waals surface area contributed by atoms with Gasteiger partial charge in [0.25, 0.3) is 0 Å². The molecule has 0 aliphatic carbocycles. The summed E-state index contributed by atoms with van der Waals surface area (Å²) in [5.41, 5.74) is -1.77. The predicted molar refractivity (Wildman–Crippen MR) is 116 cm³/mol. The van der Waals surface area contributed by atoms with Crippen molar-refractivity contribution in [3.63, 3.8) is 0 Å². The first kappa shape index (κ1) is 26.8. The molecule has 0 bridgehead atoms. The van der Waals surface area contributed by atoms with Crippen LogP contribution in [0.15, 0.2) is 36.4 Å². The molecule has 0 N–H and O–H groups in total. The van der Waals surface area contributed by atoms with Crippen molar-refractivity contribution in [1.29, 1.82) is 0 Å². The van der Waals surface area contributed by atoms with Gasteiger partial charge in [0, 0.05) is 33.2 Å². The third-order valence-electron chi connectivity index (χ3n) is 6.11. The highest BCUT2D eigenvalue weighted by molar-refractivity contribution is 5.75. The van der Waals surface area contributed by atoms with E-state index in [9.17, 15) is 35.5 Å². The average molecular weight is 505 g/mol. The lowest BCUT2D eigenvalue weighted by molar-refractivity contribution is -0.143. The summed E-state index contributed by atoms with van der Waals surface area (Å²) < 4.78 is 93.0. The molecule has 0 radical (unpaired) electrons. The minimum absolute atomic E-state index is 0.0588. The maximum atomic E-state index is 13.7. The van der Waals surface area contributed by atoms with Crippen molar-refractivity contribution >= 4 is 6.03 Å². The first-order valence-corrected chi connectivity index (χ1v) is 10.9. The molecule has 0 aromatic heterocycles. The van der Waals surface area contributed by atoms with Crippen LogP contribution >= 0.6 is 0 Å². The average Bonchev–Trinajstić information content (AvgIpc) is 2.93. The number of benzene rings is 2. The monoisotopic (exact) mass is 505 g/mol. The van der Waals surface area contributed by atoms with Gasteiger partial charge in [-0.05, 0) is 67.4 Å². The van der Waals surface area contributed by atoms with Gasteiger partial charge in [-0.1, -0.05) is 6.07 Å². The van der Waals surface area contributed by atoms with Gasteiger partial charge in [-0.25, -0.2) is 9.18 Å². The predicted octanol–water partition coefficient (Wildman–Crippen LogP) is 6.10. The number of carbonyl (C=O) groups is 1. The number of halogens is 7. The van der Waals surface area contributed by atoms with E-state index >= 15 is 0 Å². The zero-order valence-electron chi connectivity index (χ0n) is 19.5. The molecule has 11 heteroatoms. The third-order valence-corrected chi connectivity index (χ3v) is 6.11. The Balaban J connectivity index is 1.92. The molecule has 2 amide bonds. The van der Waals surface area contributed by atoms with E-state index in [-0.39, 0.29) is 18.2 Å². The number of aryl methyl sites for hydroxylation is 1. The topological polar surface area (TPSA) is 26.8 Å². The molecule has 4 nitrogen and oxygen atoms in total.